The third-order valence-electron chi connectivity index (χ3n) is 14.9. The number of Topliss-reactive ketones (excluding diaryl/α,β-unsaturated/α-hetero) is 1. The molecule has 12 rings (SSSR count). The lowest BCUT2D eigenvalue weighted by atomic mass is 10.0. The number of nitrogens with two attached hydrogens (primary N) is 6. The number of H-pyrrole nitrogens is 4. The number of carbonyl (C=O) groups excluding carboxylic acids is 1. The molecule has 0 aromatic carbocycles. The first kappa shape index (κ1) is 66.7. The maximum absolute atomic E-state index is 14.5. The van der Waals surface area contributed by atoms with Crippen molar-refractivity contribution in [1.29, 1.82) is 0 Å². The highest BCUT2D eigenvalue weighted by atomic mass is 19.4. The summed E-state index contributed by atoms with van der Waals surface area (Å²) in [5, 5.41) is 65.4. The zero-order valence-corrected chi connectivity index (χ0v) is 47.1. The van der Waals surface area contributed by atoms with Gasteiger partial charge in [-0.25, -0.2) is 19.9 Å². The molecule has 0 spiro atoms. The fourth-order valence-corrected chi connectivity index (χ4v) is 10.1. The third-order valence-corrected chi connectivity index (χ3v) is 14.9. The number of aliphatic hydroxyl groups is 6. The van der Waals surface area contributed by atoms with Crippen molar-refractivity contribution >= 4 is 74.2 Å². The second-order valence-corrected chi connectivity index (χ2v) is 21.0. The number of halogens is 6. The van der Waals surface area contributed by atoms with Gasteiger partial charge < -0.3 is 84.0 Å². The summed E-state index contributed by atoms with van der Waals surface area (Å²) in [6.07, 6.45) is -16.2. The number of hydrogen-bond donors (Lipinski definition) is 18. The lowest BCUT2D eigenvalue weighted by Crippen LogP contribution is -2.70. The van der Waals surface area contributed by atoms with E-state index < -0.39 is 145 Å². The van der Waals surface area contributed by atoms with Crippen LogP contribution in [-0.4, -0.2) is 220 Å². The van der Waals surface area contributed by atoms with E-state index in [9.17, 15) is 75.8 Å². The van der Waals surface area contributed by atoms with Crippen LogP contribution < -0.4 is 67.3 Å². The Bertz CT molecular complexity index is 4170. The van der Waals surface area contributed by atoms with Crippen molar-refractivity contribution in [2.24, 2.45) is 11.5 Å². The summed E-state index contributed by atoms with van der Waals surface area (Å²) in [7, 11) is 0. The van der Waals surface area contributed by atoms with Crippen molar-refractivity contribution in [3.63, 3.8) is 0 Å². The molecule has 91 heavy (non-hydrogen) atoms. The molecule has 45 heteroatoms. The quantitative estimate of drug-likeness (QED) is 0.0400. The predicted octanol–water partition coefficient (Wildman–Crippen LogP) is -6.13. The first-order chi connectivity index (χ1) is 42.8. The summed E-state index contributed by atoms with van der Waals surface area (Å²) < 4.78 is 104. The van der Waals surface area contributed by atoms with E-state index in [2.05, 4.69) is 70.4 Å². The van der Waals surface area contributed by atoms with Crippen LogP contribution in [0.25, 0.3) is 44.7 Å². The van der Waals surface area contributed by atoms with Gasteiger partial charge in [-0.2, -0.15) is 46.3 Å². The molecule has 24 N–H and O–H groups in total. The zero-order valence-electron chi connectivity index (χ0n) is 47.1. The molecule has 4 saturated heterocycles. The van der Waals surface area contributed by atoms with Crippen LogP contribution >= 0.6 is 0 Å². The molecule has 0 bridgehead atoms. The van der Waals surface area contributed by atoms with Crippen molar-refractivity contribution in [1.82, 2.24) is 88.7 Å². The SMILES string of the molecule is CC(=O)C(F)(F)F.CC(NC[C@H]1O[C@@H](n2cnc3c(=O)[nH]c(N)nc32)C[C@@H]1O)(N[C@H]1[C@@H](O)[C@H](n2cnc3c(=O)[nH]c(N)nc32)O[C@@H]1CO)C(F)(F)F.NC[C@H]1O[C@@H](n2cnc3c(=O)[nH]c(N)nc32)C[C@@H]1O.Nc1nc2c(ncn2[C@@H]2O[C@H](CO)[C@@H](N)[C@H]2O)c(=O)[nH]1. The van der Waals surface area contributed by atoms with Crippen molar-refractivity contribution in [3.8, 4) is 0 Å². The molecule has 0 aliphatic carbocycles. The number of nitrogens with one attached hydrogen (secondary N) is 6. The summed E-state index contributed by atoms with van der Waals surface area (Å²) >= 11 is 0. The highest BCUT2D eigenvalue weighted by Crippen LogP contribution is 2.38. The maximum atomic E-state index is 14.5. The normalized spacial score (nSPS) is 27.4. The van der Waals surface area contributed by atoms with E-state index in [0.29, 0.717) is 19.0 Å². The molecule has 0 radical (unpaired) electrons. The third kappa shape index (κ3) is 13.4. The molecule has 4 aliphatic rings. The average Bonchev–Trinajstić information content (AvgIpc) is 1.67. The molecule has 0 saturated carbocycles. The number of aromatic nitrogens is 16. The topological polar surface area (TPSA) is 610 Å². The number of nitrogens with zero attached hydrogens (tertiary/aromatic N) is 12. The monoisotopic (exact) mass is 1300 g/mol. The lowest BCUT2D eigenvalue weighted by Gasteiger charge is -2.39. The smallest absolute Gasteiger partial charge is 0.394 e. The Morgan fingerprint density at radius 1 is 0.593 bits per heavy atom. The summed E-state index contributed by atoms with van der Waals surface area (Å²) in [6.45, 7) is -0.151. The number of ether oxygens (including phenoxy) is 4. The molecular weight excluding hydrogens is 1240 g/mol. The molecular formula is C46H60F6N24O15. The first-order valence-corrected chi connectivity index (χ1v) is 26.9. The highest BCUT2D eigenvalue weighted by molar-refractivity contribution is 5.81. The number of ketones is 1. The number of aromatic amines is 4. The minimum absolute atomic E-state index is 0.00757. The van der Waals surface area contributed by atoms with Crippen LogP contribution in [0.3, 0.4) is 0 Å². The Hall–Kier alpha value is -8.71. The molecule has 4 fully saturated rings. The van der Waals surface area contributed by atoms with Crippen molar-refractivity contribution in [2.45, 2.75) is 131 Å². The first-order valence-electron chi connectivity index (χ1n) is 26.9. The average molecular weight is 1300 g/mol. The molecule has 15 atom stereocenters. The van der Waals surface area contributed by atoms with Crippen LogP contribution in [0.4, 0.5) is 50.1 Å². The van der Waals surface area contributed by atoms with Gasteiger partial charge in [0.2, 0.25) is 29.6 Å². The zero-order chi connectivity index (χ0) is 66.5. The number of rotatable bonds is 12. The van der Waals surface area contributed by atoms with Gasteiger partial charge in [-0.3, -0.25) is 72.8 Å². The number of hydrogen-bond acceptors (Lipinski definition) is 31. The minimum atomic E-state index is -4.98. The predicted molar refractivity (Wildman–Crippen MR) is 296 cm³/mol. The van der Waals surface area contributed by atoms with E-state index >= 15 is 0 Å². The maximum Gasteiger partial charge on any atom is 0.449 e. The number of aliphatic hydroxyl groups excluding tert-OH is 6. The fraction of sp³-hybridized carbons (Fsp3) is 0.543. The molecule has 4 aliphatic heterocycles. The number of imidazole rings is 4. The second-order valence-electron chi connectivity index (χ2n) is 21.0. The van der Waals surface area contributed by atoms with E-state index in [-0.39, 0.29) is 82.4 Å². The van der Waals surface area contributed by atoms with Crippen molar-refractivity contribution < 1.29 is 80.7 Å². The van der Waals surface area contributed by atoms with E-state index in [1.165, 1.54) is 28.1 Å². The Morgan fingerprint density at radius 3 is 1.30 bits per heavy atom. The molecule has 496 valence electrons. The van der Waals surface area contributed by atoms with Crippen LogP contribution in [0, 0.1) is 0 Å². The van der Waals surface area contributed by atoms with Crippen LogP contribution in [0.1, 0.15) is 51.6 Å². The molecule has 8 aromatic heterocycles. The summed E-state index contributed by atoms with van der Waals surface area (Å²) in [5.74, 6) is -2.27. The number of alkyl halides is 6. The van der Waals surface area contributed by atoms with Crippen LogP contribution in [0.2, 0.25) is 0 Å². The van der Waals surface area contributed by atoms with Gasteiger partial charge >= 0.3 is 12.4 Å². The van der Waals surface area contributed by atoms with Crippen molar-refractivity contribution in [3.05, 3.63) is 66.7 Å². The van der Waals surface area contributed by atoms with Gasteiger partial charge in [0.05, 0.1) is 75.0 Å². The standard InChI is InChI=1S/C23H29F3N12O7.C10H14N6O4.C10H14N6O3.C3H3F3O/c1-22(23(24,25)26,31-3-8-7(40)2-10(44-8)37-5-29-12-15(37)32-20(27)34-17(12)42)36-11-9(4-39)45-19(14(11)41)38-6-30-13-16(38)33-21(28)35-18(13)43;11-4-3(1-17)20-9(6(4)18)16-2-13-5-7(16)14-10(12)15-8(5)19;11-2-5-4(17)1-6(19-5)16-3-13-7-8(16)14-10(12)15-9(7)18;1-2(7)3(4,5)6/h5-11,14,19,31,36,39-41H,2-4H2,1H3,(H3,27,32,34,42)(H3,28,33,35,43);2-4,6,9,17-18H,1,11H2,(H3,12,14,15,19);3-6,17H,1-2,11H2,(H3,12,14,15,18);1H3/t7-,8+,9+,10+,11+,14+,19+,22?;3-,4-,6-,9-;4-,5+,6+;/m010./s1. The molecule has 1 unspecified atom stereocenters. The number of fused-ring (bicyclic) bond motifs is 4. The molecule has 8 aromatic rings. The fourth-order valence-electron chi connectivity index (χ4n) is 10.1. The molecule has 12 heterocycles. The largest absolute Gasteiger partial charge is 0.449 e. The van der Waals surface area contributed by atoms with Gasteiger partial charge in [-0.15, -0.1) is 0 Å². The van der Waals surface area contributed by atoms with Gasteiger partial charge in [0.1, 0.15) is 36.9 Å². The Kier molecular flexibility index (Phi) is 19.0. The van der Waals surface area contributed by atoms with Gasteiger partial charge in [-0.1, -0.05) is 0 Å². The second kappa shape index (κ2) is 25.9. The lowest BCUT2D eigenvalue weighted by molar-refractivity contribution is -0.208. The van der Waals surface area contributed by atoms with E-state index in [1.807, 2.05) is 0 Å². The Labute approximate surface area is 500 Å². The number of anilines is 4. The van der Waals surface area contributed by atoms with E-state index in [4.69, 9.17) is 58.5 Å². The molecule has 0 amide bonds. The van der Waals surface area contributed by atoms with E-state index in [0.717, 1.165) is 17.8 Å². The minimum Gasteiger partial charge on any atom is -0.394 e. The van der Waals surface area contributed by atoms with Crippen LogP contribution in [0.15, 0.2) is 44.5 Å². The number of carbonyl (C=O) groups is 1. The Balaban J connectivity index is 0.000000174. The van der Waals surface area contributed by atoms with E-state index in [1.54, 1.807) is 4.57 Å². The Morgan fingerprint density at radius 2 is 0.945 bits per heavy atom. The van der Waals surface area contributed by atoms with Crippen LogP contribution in [-0.2, 0) is 23.7 Å². The van der Waals surface area contributed by atoms with Gasteiger partial charge in [0.15, 0.2) is 62.8 Å². The number of nitrogen functional groups attached to an aromatic ring is 4. The van der Waals surface area contributed by atoms with Gasteiger partial charge in [0, 0.05) is 32.9 Å². The van der Waals surface area contributed by atoms with Gasteiger partial charge in [0.25, 0.3) is 22.2 Å². The van der Waals surface area contributed by atoms with Gasteiger partial charge in [-0.05, 0) is 6.92 Å². The molecule has 39 nitrogen and oxygen atoms in total. The summed E-state index contributed by atoms with van der Waals surface area (Å²) in [5.41, 5.74) is 29.0. The van der Waals surface area contributed by atoms with Crippen molar-refractivity contribution in [2.75, 3.05) is 49.2 Å². The van der Waals surface area contributed by atoms with Crippen LogP contribution in [0.5, 0.6) is 0 Å². The summed E-state index contributed by atoms with van der Waals surface area (Å²) in [4.78, 5) is 98.1. The summed E-state index contributed by atoms with van der Waals surface area (Å²) in [6, 6.07) is -2.26. The highest BCUT2D eigenvalue weighted by Gasteiger charge is 2.57.